The predicted octanol–water partition coefficient (Wildman–Crippen LogP) is 0.447. The number of morpholine rings is 1. The molecule has 2 aliphatic rings. The van der Waals surface area contributed by atoms with E-state index >= 15 is 0 Å². The van der Waals surface area contributed by atoms with Gasteiger partial charge >= 0.3 is 0 Å². The Morgan fingerprint density at radius 2 is 2.15 bits per heavy atom. The first-order valence-corrected chi connectivity index (χ1v) is 7.54. The topological polar surface area (TPSA) is 54.6 Å². The fourth-order valence-electron chi connectivity index (χ4n) is 3.24. The van der Waals surface area contributed by atoms with Crippen LogP contribution >= 0.6 is 0 Å². The normalized spacial score (nSPS) is 25.1. The molecule has 0 amide bonds. The lowest BCUT2D eigenvalue weighted by atomic mass is 10.2. The minimum absolute atomic E-state index is 0.525. The van der Waals surface area contributed by atoms with Crippen molar-refractivity contribution >= 4 is 0 Å². The lowest BCUT2D eigenvalue weighted by Gasteiger charge is -2.32. The van der Waals surface area contributed by atoms with Crippen molar-refractivity contribution in [1.82, 2.24) is 14.8 Å². The Morgan fingerprint density at radius 1 is 1.30 bits per heavy atom. The molecule has 2 aliphatic heterocycles. The Bertz CT molecular complexity index is 434. The number of nitrogens with two attached hydrogens (primary N) is 1. The van der Waals surface area contributed by atoms with Gasteiger partial charge in [0.1, 0.15) is 0 Å². The molecule has 3 rings (SSSR count). The molecule has 5 nitrogen and oxygen atoms in total. The molecular formula is C15H24N4O. The van der Waals surface area contributed by atoms with E-state index in [9.17, 15) is 0 Å². The summed E-state index contributed by atoms with van der Waals surface area (Å²) >= 11 is 0. The number of ether oxygens (including phenoxy) is 1. The summed E-state index contributed by atoms with van der Waals surface area (Å²) < 4.78 is 5.43. The van der Waals surface area contributed by atoms with Crippen molar-refractivity contribution in [1.29, 1.82) is 0 Å². The Morgan fingerprint density at radius 3 is 2.95 bits per heavy atom. The van der Waals surface area contributed by atoms with E-state index < -0.39 is 0 Å². The Hall–Kier alpha value is -1.01. The van der Waals surface area contributed by atoms with E-state index in [4.69, 9.17) is 10.5 Å². The summed E-state index contributed by atoms with van der Waals surface area (Å²) in [6.07, 6.45) is 3.09. The van der Waals surface area contributed by atoms with Gasteiger partial charge in [-0.15, -0.1) is 0 Å². The highest BCUT2D eigenvalue weighted by atomic mass is 16.5. The fourth-order valence-corrected chi connectivity index (χ4v) is 3.24. The largest absolute Gasteiger partial charge is 0.379 e. The van der Waals surface area contributed by atoms with Crippen LogP contribution in [0.5, 0.6) is 0 Å². The second-order valence-electron chi connectivity index (χ2n) is 5.64. The average Bonchev–Trinajstić information content (AvgIpc) is 2.97. The lowest BCUT2D eigenvalue weighted by molar-refractivity contribution is 0.0184. The molecule has 1 aromatic heterocycles. The molecule has 20 heavy (non-hydrogen) atoms. The van der Waals surface area contributed by atoms with Crippen molar-refractivity contribution in [3.05, 3.63) is 29.6 Å². The zero-order valence-electron chi connectivity index (χ0n) is 12.0. The van der Waals surface area contributed by atoms with Crippen LogP contribution in [0.1, 0.15) is 17.7 Å². The second-order valence-corrected chi connectivity index (χ2v) is 5.64. The van der Waals surface area contributed by atoms with Gasteiger partial charge in [-0.25, -0.2) is 0 Å². The lowest BCUT2D eigenvalue weighted by Crippen LogP contribution is -2.44. The van der Waals surface area contributed by atoms with E-state index in [1.54, 1.807) is 0 Å². The van der Waals surface area contributed by atoms with Crippen LogP contribution in [0.25, 0.3) is 0 Å². The summed E-state index contributed by atoms with van der Waals surface area (Å²) in [6.45, 7) is 7.75. The second kappa shape index (κ2) is 6.63. The van der Waals surface area contributed by atoms with Crippen molar-refractivity contribution in [2.24, 2.45) is 5.73 Å². The van der Waals surface area contributed by atoms with Crippen molar-refractivity contribution in [3.8, 4) is 0 Å². The summed E-state index contributed by atoms with van der Waals surface area (Å²) in [5.41, 5.74) is 8.07. The van der Waals surface area contributed by atoms with Crippen LogP contribution < -0.4 is 5.73 Å². The van der Waals surface area contributed by atoms with Gasteiger partial charge in [-0.2, -0.15) is 0 Å². The third-order valence-electron chi connectivity index (χ3n) is 4.38. The molecule has 0 saturated carbocycles. The Labute approximate surface area is 120 Å². The molecule has 2 fully saturated rings. The van der Waals surface area contributed by atoms with E-state index in [0.717, 1.165) is 45.1 Å². The van der Waals surface area contributed by atoms with E-state index in [-0.39, 0.29) is 0 Å². The first-order chi connectivity index (χ1) is 9.86. The molecule has 0 aliphatic carbocycles. The van der Waals surface area contributed by atoms with Crippen LogP contribution in [0.4, 0.5) is 0 Å². The zero-order chi connectivity index (χ0) is 13.8. The third-order valence-corrected chi connectivity index (χ3v) is 4.38. The molecule has 1 unspecified atom stereocenters. The van der Waals surface area contributed by atoms with Crippen LogP contribution in [0.2, 0.25) is 0 Å². The maximum Gasteiger partial charge on any atom is 0.0594 e. The van der Waals surface area contributed by atoms with Crippen LogP contribution in [-0.4, -0.2) is 60.2 Å². The third kappa shape index (κ3) is 3.17. The van der Waals surface area contributed by atoms with Crippen molar-refractivity contribution < 1.29 is 4.74 Å². The number of aromatic nitrogens is 1. The predicted molar refractivity (Wildman–Crippen MR) is 78.2 cm³/mol. The molecular weight excluding hydrogens is 252 g/mol. The van der Waals surface area contributed by atoms with Gasteiger partial charge in [-0.1, -0.05) is 6.07 Å². The highest BCUT2D eigenvalue weighted by Crippen LogP contribution is 2.19. The van der Waals surface area contributed by atoms with Crippen LogP contribution in [0.3, 0.4) is 0 Å². The van der Waals surface area contributed by atoms with Gasteiger partial charge in [0.2, 0.25) is 0 Å². The molecule has 0 bridgehead atoms. The fraction of sp³-hybridized carbons (Fsp3) is 0.667. The molecule has 1 atom stereocenters. The number of hydrogen-bond acceptors (Lipinski definition) is 5. The molecule has 2 N–H and O–H groups in total. The Balaban J connectivity index is 1.57. The van der Waals surface area contributed by atoms with Gasteiger partial charge in [0.15, 0.2) is 0 Å². The minimum Gasteiger partial charge on any atom is -0.379 e. The summed E-state index contributed by atoms with van der Waals surface area (Å²) in [4.78, 5) is 9.47. The standard InChI is InChI=1S/C15H24N4O/c16-10-15-13(2-1-4-17-15)11-18-5-3-14(12-18)19-6-8-20-9-7-19/h1-2,4,14H,3,5-12,16H2. The summed E-state index contributed by atoms with van der Waals surface area (Å²) in [5.74, 6) is 0. The maximum absolute atomic E-state index is 5.77. The molecule has 0 radical (unpaired) electrons. The van der Waals surface area contributed by atoms with Gasteiger partial charge in [0.25, 0.3) is 0 Å². The maximum atomic E-state index is 5.77. The molecule has 2 saturated heterocycles. The van der Waals surface area contributed by atoms with Crippen molar-refractivity contribution in [2.45, 2.75) is 25.6 Å². The smallest absolute Gasteiger partial charge is 0.0594 e. The zero-order valence-corrected chi connectivity index (χ0v) is 12.0. The van der Waals surface area contributed by atoms with E-state index in [0.29, 0.717) is 12.6 Å². The number of likely N-dealkylation sites (tertiary alicyclic amines) is 1. The quantitative estimate of drug-likeness (QED) is 0.865. The monoisotopic (exact) mass is 276 g/mol. The van der Waals surface area contributed by atoms with Gasteiger partial charge in [-0.3, -0.25) is 14.8 Å². The van der Waals surface area contributed by atoms with Gasteiger partial charge in [-0.05, 0) is 18.1 Å². The molecule has 0 aromatic carbocycles. The minimum atomic E-state index is 0.525. The van der Waals surface area contributed by atoms with Crippen molar-refractivity contribution in [2.75, 3.05) is 39.4 Å². The number of pyridine rings is 1. The van der Waals surface area contributed by atoms with Gasteiger partial charge < -0.3 is 10.5 Å². The van der Waals surface area contributed by atoms with Crippen molar-refractivity contribution in [3.63, 3.8) is 0 Å². The number of hydrogen-bond donors (Lipinski definition) is 1. The van der Waals surface area contributed by atoms with Gasteiger partial charge in [0.05, 0.1) is 18.9 Å². The van der Waals surface area contributed by atoms with E-state index in [1.165, 1.54) is 18.5 Å². The molecule has 1 aromatic rings. The summed E-state index contributed by atoms with van der Waals surface area (Å²) in [7, 11) is 0. The van der Waals surface area contributed by atoms with Crippen LogP contribution in [0, 0.1) is 0 Å². The Kier molecular flexibility index (Phi) is 4.62. The van der Waals surface area contributed by atoms with E-state index in [2.05, 4.69) is 20.9 Å². The highest BCUT2D eigenvalue weighted by molar-refractivity contribution is 5.19. The average molecular weight is 276 g/mol. The van der Waals surface area contributed by atoms with Gasteiger partial charge in [0, 0.05) is 51.5 Å². The first kappa shape index (κ1) is 13.9. The number of rotatable bonds is 4. The van der Waals surface area contributed by atoms with Crippen LogP contribution in [0.15, 0.2) is 18.3 Å². The molecule has 0 spiro atoms. The highest BCUT2D eigenvalue weighted by Gasteiger charge is 2.28. The summed E-state index contributed by atoms with van der Waals surface area (Å²) in [6, 6.07) is 4.85. The van der Waals surface area contributed by atoms with Crippen LogP contribution in [-0.2, 0) is 17.8 Å². The van der Waals surface area contributed by atoms with E-state index in [1.807, 2.05) is 12.3 Å². The summed E-state index contributed by atoms with van der Waals surface area (Å²) in [5, 5.41) is 0. The molecule has 110 valence electrons. The molecule has 5 heteroatoms. The SMILES string of the molecule is NCc1ncccc1CN1CCC(N2CCOCC2)C1. The first-order valence-electron chi connectivity index (χ1n) is 7.54. The molecule has 3 heterocycles. The number of nitrogens with zero attached hydrogens (tertiary/aromatic N) is 3.